The molecule has 0 aliphatic carbocycles. The van der Waals surface area contributed by atoms with E-state index in [2.05, 4.69) is 15.3 Å². The van der Waals surface area contributed by atoms with Gasteiger partial charge in [0.25, 0.3) is 0 Å². The van der Waals surface area contributed by atoms with Crippen molar-refractivity contribution in [1.29, 1.82) is 0 Å². The monoisotopic (exact) mass is 545 g/mol. The number of azide groups is 1. The number of likely N-dealkylation sites (tertiary alicyclic amines) is 1. The Bertz CT molecular complexity index is 678. The third-order valence-electron chi connectivity index (χ3n) is 5.71. The predicted molar refractivity (Wildman–Crippen MR) is 141 cm³/mol. The molecule has 0 saturated carbocycles. The van der Waals surface area contributed by atoms with E-state index in [0.29, 0.717) is 98.4 Å². The Morgan fingerprint density at radius 1 is 0.974 bits per heavy atom. The Hall–Kier alpha value is -1.99. The van der Waals surface area contributed by atoms with Crippen LogP contribution in [0.15, 0.2) is 5.11 Å². The standard InChI is InChI=1S/C25H47N5O8/c1-21(2)38-20-22-18-23(31)19-30(22)25(33)6-4-3-5-8-27-24(32)7-10-34-12-14-36-16-17-37-15-13-35-11-9-28-29-26/h21-23,31H,3-20H2,1-2H3,(H,27,32)/t22-,23+/m0/s1. The van der Waals surface area contributed by atoms with E-state index in [4.69, 9.17) is 29.2 Å². The normalized spacial score (nSPS) is 17.1. The minimum absolute atomic E-state index is 0.0543. The Kier molecular flexibility index (Phi) is 20.6. The van der Waals surface area contributed by atoms with Gasteiger partial charge in [0.2, 0.25) is 11.8 Å². The largest absolute Gasteiger partial charge is 0.391 e. The van der Waals surface area contributed by atoms with Gasteiger partial charge in [-0.05, 0) is 38.6 Å². The summed E-state index contributed by atoms with van der Waals surface area (Å²) in [5.74, 6) is -0.00216. The third kappa shape index (κ3) is 18.3. The summed E-state index contributed by atoms with van der Waals surface area (Å²) >= 11 is 0. The molecule has 1 fully saturated rings. The van der Waals surface area contributed by atoms with Crippen LogP contribution >= 0.6 is 0 Å². The Balaban J connectivity index is 1.89. The fourth-order valence-corrected chi connectivity index (χ4v) is 3.77. The number of nitrogens with zero attached hydrogens (tertiary/aromatic N) is 4. The average Bonchev–Trinajstić information content (AvgIpc) is 3.27. The van der Waals surface area contributed by atoms with Gasteiger partial charge in [-0.2, -0.15) is 0 Å². The molecule has 0 radical (unpaired) electrons. The molecule has 2 amide bonds. The van der Waals surface area contributed by atoms with Crippen molar-refractivity contribution in [2.75, 3.05) is 79.1 Å². The number of rotatable bonds is 24. The molecule has 0 aromatic heterocycles. The first-order chi connectivity index (χ1) is 18.4. The summed E-state index contributed by atoms with van der Waals surface area (Å²) in [4.78, 5) is 28.8. The van der Waals surface area contributed by atoms with E-state index in [1.807, 2.05) is 13.8 Å². The lowest BCUT2D eigenvalue weighted by Crippen LogP contribution is -2.39. The number of amides is 2. The number of carbonyl (C=O) groups is 2. The maximum Gasteiger partial charge on any atom is 0.222 e. The Morgan fingerprint density at radius 3 is 2.24 bits per heavy atom. The second-order valence-corrected chi connectivity index (χ2v) is 9.29. The number of aliphatic hydroxyl groups is 1. The van der Waals surface area contributed by atoms with Crippen molar-refractivity contribution < 1.29 is 38.4 Å². The quantitative estimate of drug-likeness (QED) is 0.0802. The van der Waals surface area contributed by atoms with Gasteiger partial charge in [-0.1, -0.05) is 11.5 Å². The van der Waals surface area contributed by atoms with Crippen LogP contribution in [0.25, 0.3) is 10.4 Å². The van der Waals surface area contributed by atoms with E-state index in [1.165, 1.54) is 0 Å². The highest BCUT2D eigenvalue weighted by Gasteiger charge is 2.34. The second-order valence-electron chi connectivity index (χ2n) is 9.29. The van der Waals surface area contributed by atoms with Gasteiger partial charge in [0, 0.05) is 37.4 Å². The first-order valence-corrected chi connectivity index (χ1v) is 13.6. The highest BCUT2D eigenvalue weighted by atomic mass is 16.6. The van der Waals surface area contributed by atoms with Crippen molar-refractivity contribution in [3.8, 4) is 0 Å². The van der Waals surface area contributed by atoms with Gasteiger partial charge in [-0.3, -0.25) is 9.59 Å². The van der Waals surface area contributed by atoms with Crippen molar-refractivity contribution in [2.24, 2.45) is 5.11 Å². The van der Waals surface area contributed by atoms with Crippen LogP contribution in [0, 0.1) is 0 Å². The van der Waals surface area contributed by atoms with Crippen LogP contribution in [0.2, 0.25) is 0 Å². The van der Waals surface area contributed by atoms with Crippen molar-refractivity contribution in [2.45, 2.75) is 70.6 Å². The molecule has 2 N–H and O–H groups in total. The average molecular weight is 546 g/mol. The van der Waals surface area contributed by atoms with E-state index in [-0.39, 0.29) is 24.0 Å². The molecule has 1 aliphatic heterocycles. The second kappa shape index (κ2) is 22.9. The number of nitrogens with one attached hydrogen (secondary N) is 1. The molecule has 220 valence electrons. The maximum absolute atomic E-state index is 12.6. The van der Waals surface area contributed by atoms with Crippen LogP contribution < -0.4 is 5.32 Å². The van der Waals surface area contributed by atoms with Crippen molar-refractivity contribution in [1.82, 2.24) is 10.2 Å². The number of carbonyl (C=O) groups excluding carboxylic acids is 2. The highest BCUT2D eigenvalue weighted by Crippen LogP contribution is 2.20. The van der Waals surface area contributed by atoms with E-state index in [0.717, 1.165) is 19.3 Å². The van der Waals surface area contributed by atoms with Gasteiger partial charge in [-0.15, -0.1) is 0 Å². The highest BCUT2D eigenvalue weighted by molar-refractivity contribution is 5.77. The predicted octanol–water partition coefficient (Wildman–Crippen LogP) is 1.82. The summed E-state index contributed by atoms with van der Waals surface area (Å²) in [5.41, 5.74) is 8.13. The molecule has 2 atom stereocenters. The molecule has 0 aromatic rings. The number of ether oxygens (including phenoxy) is 5. The van der Waals surface area contributed by atoms with Crippen molar-refractivity contribution in [3.63, 3.8) is 0 Å². The zero-order chi connectivity index (χ0) is 27.8. The molecule has 38 heavy (non-hydrogen) atoms. The van der Waals surface area contributed by atoms with Crippen LogP contribution in [0.3, 0.4) is 0 Å². The zero-order valence-corrected chi connectivity index (χ0v) is 23.1. The molecule has 1 saturated heterocycles. The van der Waals surface area contributed by atoms with Crippen LogP contribution in [-0.2, 0) is 33.3 Å². The smallest absolute Gasteiger partial charge is 0.222 e. The van der Waals surface area contributed by atoms with E-state index in [1.54, 1.807) is 4.90 Å². The summed E-state index contributed by atoms with van der Waals surface area (Å²) in [5, 5.41) is 16.2. The summed E-state index contributed by atoms with van der Waals surface area (Å²) in [7, 11) is 0. The first-order valence-electron chi connectivity index (χ1n) is 13.6. The number of hydrogen-bond donors (Lipinski definition) is 2. The molecule has 0 aromatic carbocycles. The van der Waals surface area contributed by atoms with Gasteiger partial charge in [-0.25, -0.2) is 0 Å². The van der Waals surface area contributed by atoms with Crippen molar-refractivity contribution >= 4 is 11.8 Å². The van der Waals surface area contributed by atoms with Crippen LogP contribution in [0.4, 0.5) is 0 Å². The zero-order valence-electron chi connectivity index (χ0n) is 23.1. The van der Waals surface area contributed by atoms with Gasteiger partial charge in [0.15, 0.2) is 0 Å². The van der Waals surface area contributed by atoms with Gasteiger partial charge >= 0.3 is 0 Å². The minimum atomic E-state index is -0.480. The summed E-state index contributed by atoms with van der Waals surface area (Å²) in [6.45, 7) is 8.95. The molecule has 1 rings (SSSR count). The Labute approximate surface area is 226 Å². The number of hydrogen-bond acceptors (Lipinski definition) is 9. The molecule has 1 heterocycles. The van der Waals surface area contributed by atoms with Crippen LogP contribution in [0.5, 0.6) is 0 Å². The van der Waals surface area contributed by atoms with Gasteiger partial charge in [0.05, 0.1) is 77.7 Å². The summed E-state index contributed by atoms with van der Waals surface area (Å²) in [6.07, 6.45) is 3.31. The first kappa shape index (κ1) is 34.0. The summed E-state index contributed by atoms with van der Waals surface area (Å²) < 4.78 is 27.0. The lowest BCUT2D eigenvalue weighted by atomic mass is 10.1. The van der Waals surface area contributed by atoms with Crippen molar-refractivity contribution in [3.05, 3.63) is 10.4 Å². The molecule has 13 heteroatoms. The molecular formula is C25H47N5O8. The molecule has 0 unspecified atom stereocenters. The number of β-amino-alcohol motifs (C(OH)–C–C–N with tert-alkyl or cyclic N) is 1. The molecule has 0 spiro atoms. The molecular weight excluding hydrogens is 498 g/mol. The fourth-order valence-electron chi connectivity index (χ4n) is 3.77. The number of aliphatic hydroxyl groups excluding tert-OH is 1. The minimum Gasteiger partial charge on any atom is -0.391 e. The SMILES string of the molecule is CC(C)OC[C@@H]1C[C@@H](O)CN1C(=O)CCCCCNC(=O)CCOCCOCCOCCOCCN=[N+]=[N-]. The van der Waals surface area contributed by atoms with E-state index in [9.17, 15) is 14.7 Å². The lowest BCUT2D eigenvalue weighted by molar-refractivity contribution is -0.134. The lowest BCUT2D eigenvalue weighted by Gasteiger charge is -2.25. The summed E-state index contributed by atoms with van der Waals surface area (Å²) in [6, 6.07) is -0.0543. The van der Waals surface area contributed by atoms with Gasteiger partial charge < -0.3 is 39.0 Å². The molecule has 0 bridgehead atoms. The van der Waals surface area contributed by atoms with Crippen LogP contribution in [0.1, 0.15) is 52.4 Å². The van der Waals surface area contributed by atoms with Crippen LogP contribution in [-0.4, -0.2) is 119 Å². The van der Waals surface area contributed by atoms with E-state index >= 15 is 0 Å². The maximum atomic E-state index is 12.6. The van der Waals surface area contributed by atoms with Gasteiger partial charge in [0.1, 0.15) is 0 Å². The molecule has 1 aliphatic rings. The van der Waals surface area contributed by atoms with E-state index < -0.39 is 6.10 Å². The Morgan fingerprint density at radius 2 is 1.61 bits per heavy atom. The topological polar surface area (TPSA) is 165 Å². The third-order valence-corrected chi connectivity index (χ3v) is 5.71. The number of unbranched alkanes of at least 4 members (excludes halogenated alkanes) is 2. The molecule has 13 nitrogen and oxygen atoms in total. The fraction of sp³-hybridized carbons (Fsp3) is 0.920.